The zero-order chi connectivity index (χ0) is 9.54. The van der Waals surface area contributed by atoms with Crippen LogP contribution in [0.2, 0.25) is 0 Å². The molecule has 0 fully saturated rings. The van der Waals surface area contributed by atoms with Gasteiger partial charge in [-0.2, -0.15) is 0 Å². The summed E-state index contributed by atoms with van der Waals surface area (Å²) in [5, 5.41) is 0.859. The lowest BCUT2D eigenvalue weighted by Gasteiger charge is -2.20. The van der Waals surface area contributed by atoms with E-state index in [-0.39, 0.29) is 0 Å². The molecule has 0 bridgehead atoms. The van der Waals surface area contributed by atoms with Gasteiger partial charge in [0, 0.05) is 23.4 Å². The second kappa shape index (κ2) is 2.85. The molecule has 70 valence electrons. The molecule has 0 aromatic rings. The first kappa shape index (κ1) is 8.06. The second-order valence-corrected chi connectivity index (χ2v) is 3.90. The standard InChI is InChI=1S/C11H9ClN2/c12-10-3-1-2-8-6-13-7-14-5-4-9(10)11(8)14/h1-3,6-7H,4-5H2. The third kappa shape index (κ3) is 1.01. The number of hydrogen-bond acceptors (Lipinski definition) is 2. The van der Waals surface area contributed by atoms with E-state index in [1.165, 1.54) is 11.3 Å². The molecule has 0 aromatic heterocycles. The normalized spacial score (nSPS) is 23.4. The van der Waals surface area contributed by atoms with Crippen molar-refractivity contribution < 1.29 is 0 Å². The summed E-state index contributed by atoms with van der Waals surface area (Å²) in [6.45, 7) is 0.989. The Balaban J connectivity index is 2.23. The van der Waals surface area contributed by atoms with Crippen molar-refractivity contribution in [3.8, 4) is 0 Å². The lowest BCUT2D eigenvalue weighted by atomic mass is 10.1. The van der Waals surface area contributed by atoms with Crippen LogP contribution in [-0.4, -0.2) is 17.8 Å². The number of aliphatic imine (C=N–C) groups is 1. The summed E-state index contributed by atoms with van der Waals surface area (Å²) in [5.74, 6) is 0. The zero-order valence-electron chi connectivity index (χ0n) is 7.57. The van der Waals surface area contributed by atoms with Crippen molar-refractivity contribution in [1.82, 2.24) is 4.90 Å². The predicted octanol–water partition coefficient (Wildman–Crippen LogP) is 2.56. The maximum absolute atomic E-state index is 6.19. The molecule has 3 aliphatic rings. The molecule has 2 heterocycles. The van der Waals surface area contributed by atoms with E-state index in [0.29, 0.717) is 0 Å². The van der Waals surface area contributed by atoms with Gasteiger partial charge in [-0.05, 0) is 18.1 Å². The molecule has 3 heteroatoms. The minimum Gasteiger partial charge on any atom is -0.331 e. The molecule has 1 aliphatic carbocycles. The molecule has 2 nitrogen and oxygen atoms in total. The van der Waals surface area contributed by atoms with Gasteiger partial charge in [-0.25, -0.2) is 4.99 Å². The van der Waals surface area contributed by atoms with Crippen molar-refractivity contribution >= 4 is 17.9 Å². The Morgan fingerprint density at radius 2 is 2.36 bits per heavy atom. The maximum Gasteiger partial charge on any atom is 0.0950 e. The zero-order valence-corrected chi connectivity index (χ0v) is 8.33. The van der Waals surface area contributed by atoms with Crippen LogP contribution in [0.4, 0.5) is 0 Å². The molecule has 0 N–H and O–H groups in total. The van der Waals surface area contributed by atoms with Crippen LogP contribution in [0.15, 0.2) is 51.3 Å². The molecule has 2 aliphatic heterocycles. The molecular formula is C11H9ClN2. The van der Waals surface area contributed by atoms with Crippen LogP contribution in [0.25, 0.3) is 0 Å². The molecule has 0 unspecified atom stereocenters. The molecule has 3 rings (SSSR count). The average molecular weight is 205 g/mol. The monoisotopic (exact) mass is 204 g/mol. The highest BCUT2D eigenvalue weighted by molar-refractivity contribution is 6.32. The van der Waals surface area contributed by atoms with Gasteiger partial charge >= 0.3 is 0 Å². The van der Waals surface area contributed by atoms with Gasteiger partial charge in [0.2, 0.25) is 0 Å². The van der Waals surface area contributed by atoms with Crippen molar-refractivity contribution in [3.63, 3.8) is 0 Å². The smallest absolute Gasteiger partial charge is 0.0950 e. The molecular weight excluding hydrogens is 196 g/mol. The molecule has 0 amide bonds. The van der Waals surface area contributed by atoms with Gasteiger partial charge in [-0.3, -0.25) is 0 Å². The van der Waals surface area contributed by atoms with Crippen LogP contribution in [0.1, 0.15) is 6.42 Å². The van der Waals surface area contributed by atoms with Crippen molar-refractivity contribution in [1.29, 1.82) is 0 Å². The minimum absolute atomic E-state index is 0.859. The van der Waals surface area contributed by atoms with E-state index in [2.05, 4.69) is 16.0 Å². The fraction of sp³-hybridized carbons (Fsp3) is 0.182. The number of hydrogen-bond donors (Lipinski definition) is 0. The highest BCUT2D eigenvalue weighted by atomic mass is 35.5. The van der Waals surface area contributed by atoms with Gasteiger partial charge in [-0.15, -0.1) is 0 Å². The molecule has 14 heavy (non-hydrogen) atoms. The van der Waals surface area contributed by atoms with Crippen LogP contribution in [-0.2, 0) is 0 Å². The Morgan fingerprint density at radius 3 is 3.29 bits per heavy atom. The van der Waals surface area contributed by atoms with Gasteiger partial charge in [0.1, 0.15) is 0 Å². The van der Waals surface area contributed by atoms with E-state index in [1.54, 1.807) is 0 Å². The average Bonchev–Trinajstić information content (AvgIpc) is 2.54. The van der Waals surface area contributed by atoms with Crippen molar-refractivity contribution in [2.75, 3.05) is 6.54 Å². The Kier molecular flexibility index (Phi) is 1.64. The Labute approximate surface area is 87.6 Å². The summed E-state index contributed by atoms with van der Waals surface area (Å²) in [5.41, 5.74) is 3.64. The summed E-state index contributed by atoms with van der Waals surface area (Å²) < 4.78 is 0. The van der Waals surface area contributed by atoms with Gasteiger partial charge < -0.3 is 4.90 Å². The summed E-state index contributed by atoms with van der Waals surface area (Å²) in [6.07, 6.45) is 10.7. The number of rotatable bonds is 0. The molecule has 0 radical (unpaired) electrons. The molecule has 0 saturated carbocycles. The van der Waals surface area contributed by atoms with Crippen LogP contribution in [0, 0.1) is 0 Å². The van der Waals surface area contributed by atoms with E-state index in [9.17, 15) is 0 Å². The highest BCUT2D eigenvalue weighted by Gasteiger charge is 2.27. The summed E-state index contributed by atoms with van der Waals surface area (Å²) in [6, 6.07) is 0. The van der Waals surface area contributed by atoms with Crippen LogP contribution >= 0.6 is 11.6 Å². The number of nitrogens with zero attached hydrogens (tertiary/aromatic N) is 2. The van der Waals surface area contributed by atoms with E-state index in [1.807, 2.05) is 24.7 Å². The third-order valence-corrected chi connectivity index (χ3v) is 3.03. The number of allylic oxidation sites excluding steroid dienone is 4. The Hall–Kier alpha value is -1.28. The van der Waals surface area contributed by atoms with Crippen molar-refractivity contribution in [2.24, 2.45) is 4.99 Å². The second-order valence-electron chi connectivity index (χ2n) is 3.49. The lowest BCUT2D eigenvalue weighted by molar-refractivity contribution is 0.581. The predicted molar refractivity (Wildman–Crippen MR) is 58.0 cm³/mol. The topological polar surface area (TPSA) is 15.6 Å². The Morgan fingerprint density at radius 1 is 1.43 bits per heavy atom. The Bertz CT molecular complexity index is 438. The molecule has 0 saturated heterocycles. The summed E-state index contributed by atoms with van der Waals surface area (Å²) in [4.78, 5) is 6.36. The molecule has 0 aromatic carbocycles. The minimum atomic E-state index is 0.859. The maximum atomic E-state index is 6.19. The van der Waals surface area contributed by atoms with Gasteiger partial charge in [0.15, 0.2) is 0 Å². The van der Waals surface area contributed by atoms with Gasteiger partial charge in [0.25, 0.3) is 0 Å². The SMILES string of the molecule is ClC1=CC=CC2=CN=CN3CCC1=C23. The van der Waals surface area contributed by atoms with Crippen LogP contribution in [0.3, 0.4) is 0 Å². The first-order valence-electron chi connectivity index (χ1n) is 4.64. The summed E-state index contributed by atoms with van der Waals surface area (Å²) >= 11 is 6.19. The fourth-order valence-corrected chi connectivity index (χ4v) is 2.29. The highest BCUT2D eigenvalue weighted by Crippen LogP contribution is 2.37. The van der Waals surface area contributed by atoms with Crippen molar-refractivity contribution in [3.05, 3.63) is 46.3 Å². The van der Waals surface area contributed by atoms with Crippen molar-refractivity contribution in [2.45, 2.75) is 6.42 Å². The largest absolute Gasteiger partial charge is 0.331 e. The van der Waals surface area contributed by atoms with E-state index in [4.69, 9.17) is 11.6 Å². The fourth-order valence-electron chi connectivity index (χ4n) is 2.04. The third-order valence-electron chi connectivity index (χ3n) is 2.68. The van der Waals surface area contributed by atoms with Crippen LogP contribution < -0.4 is 0 Å². The van der Waals surface area contributed by atoms with E-state index in [0.717, 1.165) is 23.6 Å². The van der Waals surface area contributed by atoms with E-state index >= 15 is 0 Å². The molecule has 0 spiro atoms. The first-order chi connectivity index (χ1) is 6.86. The van der Waals surface area contributed by atoms with Gasteiger partial charge in [-0.1, -0.05) is 23.8 Å². The molecule has 0 atom stereocenters. The quantitative estimate of drug-likeness (QED) is 0.592. The lowest BCUT2D eigenvalue weighted by Crippen LogP contribution is -2.20. The summed E-state index contributed by atoms with van der Waals surface area (Å²) in [7, 11) is 0. The van der Waals surface area contributed by atoms with Gasteiger partial charge in [0.05, 0.1) is 12.0 Å². The van der Waals surface area contributed by atoms with Crippen LogP contribution in [0.5, 0.6) is 0 Å². The number of halogens is 1. The first-order valence-corrected chi connectivity index (χ1v) is 5.02. The van der Waals surface area contributed by atoms with E-state index < -0.39 is 0 Å².